The molecule has 1 aliphatic rings. The summed E-state index contributed by atoms with van der Waals surface area (Å²) in [5.74, 6) is -0.0910. The molecule has 5 nitrogen and oxygen atoms in total. The number of urea groups is 1. The van der Waals surface area contributed by atoms with Crippen molar-refractivity contribution in [1.82, 2.24) is 15.1 Å². The van der Waals surface area contributed by atoms with Crippen LogP contribution in [0.4, 0.5) is 4.79 Å². The maximum atomic E-state index is 12.5. The van der Waals surface area contributed by atoms with Crippen molar-refractivity contribution in [3.63, 3.8) is 0 Å². The second-order valence-electron chi connectivity index (χ2n) is 6.14. The molecular weight excluding hydrogens is 278 g/mol. The topological polar surface area (TPSA) is 52.7 Å². The Kier molecular flexibility index (Phi) is 5.55. The van der Waals surface area contributed by atoms with E-state index in [4.69, 9.17) is 0 Å². The van der Waals surface area contributed by atoms with Gasteiger partial charge < -0.3 is 15.1 Å². The molecule has 0 radical (unpaired) electrons. The van der Waals surface area contributed by atoms with E-state index < -0.39 is 6.04 Å². The van der Waals surface area contributed by atoms with Gasteiger partial charge in [0, 0.05) is 32.1 Å². The lowest BCUT2D eigenvalue weighted by Gasteiger charge is -2.33. The maximum Gasteiger partial charge on any atom is 0.318 e. The molecule has 0 saturated carbocycles. The number of nitrogens with one attached hydrogen (secondary N) is 1. The molecule has 120 valence electrons. The van der Waals surface area contributed by atoms with Gasteiger partial charge in [0.15, 0.2) is 5.78 Å². The number of carbonyl (C=O) groups is 2. The van der Waals surface area contributed by atoms with Crippen molar-refractivity contribution in [3.05, 3.63) is 35.9 Å². The quantitative estimate of drug-likeness (QED) is 0.924. The predicted molar refractivity (Wildman–Crippen MR) is 86.6 cm³/mol. The van der Waals surface area contributed by atoms with Gasteiger partial charge in [0.05, 0.1) is 0 Å². The first-order valence-corrected chi connectivity index (χ1v) is 7.81. The highest BCUT2D eigenvalue weighted by Gasteiger charge is 2.27. The third kappa shape index (κ3) is 4.07. The van der Waals surface area contributed by atoms with Crippen LogP contribution in [-0.2, 0) is 4.79 Å². The van der Waals surface area contributed by atoms with Gasteiger partial charge in [-0.15, -0.1) is 0 Å². The van der Waals surface area contributed by atoms with Gasteiger partial charge in [-0.1, -0.05) is 44.2 Å². The average molecular weight is 303 g/mol. The van der Waals surface area contributed by atoms with Crippen molar-refractivity contribution in [1.29, 1.82) is 0 Å². The number of hydrogen-bond acceptors (Lipinski definition) is 3. The van der Waals surface area contributed by atoms with E-state index in [1.165, 1.54) is 0 Å². The van der Waals surface area contributed by atoms with Gasteiger partial charge in [-0.2, -0.15) is 0 Å². The lowest BCUT2D eigenvalue weighted by molar-refractivity contribution is -0.123. The highest BCUT2D eigenvalue weighted by Crippen LogP contribution is 2.18. The zero-order valence-electron chi connectivity index (χ0n) is 13.6. The van der Waals surface area contributed by atoms with E-state index in [1.807, 2.05) is 51.2 Å². The molecule has 1 aliphatic heterocycles. The van der Waals surface area contributed by atoms with Crippen LogP contribution in [0, 0.1) is 5.92 Å². The molecule has 1 fully saturated rings. The molecule has 22 heavy (non-hydrogen) atoms. The number of rotatable bonds is 4. The molecule has 1 saturated heterocycles. The van der Waals surface area contributed by atoms with E-state index in [0.717, 1.165) is 18.7 Å². The van der Waals surface area contributed by atoms with Crippen molar-refractivity contribution in [2.24, 2.45) is 5.92 Å². The van der Waals surface area contributed by atoms with Gasteiger partial charge in [-0.25, -0.2) is 4.79 Å². The highest BCUT2D eigenvalue weighted by atomic mass is 16.2. The van der Waals surface area contributed by atoms with Gasteiger partial charge in [0.25, 0.3) is 0 Å². The van der Waals surface area contributed by atoms with Crippen LogP contribution in [0.1, 0.15) is 25.5 Å². The van der Waals surface area contributed by atoms with Crippen LogP contribution in [0.5, 0.6) is 0 Å². The fourth-order valence-corrected chi connectivity index (χ4v) is 2.52. The molecule has 0 bridgehead atoms. The number of ketones is 1. The largest absolute Gasteiger partial charge is 0.324 e. The minimum Gasteiger partial charge on any atom is -0.324 e. The Morgan fingerprint density at radius 3 is 2.18 bits per heavy atom. The molecule has 2 rings (SSSR count). The monoisotopic (exact) mass is 303 g/mol. The van der Waals surface area contributed by atoms with Crippen molar-refractivity contribution < 1.29 is 9.59 Å². The second-order valence-corrected chi connectivity index (χ2v) is 6.14. The first-order chi connectivity index (χ1) is 10.5. The van der Waals surface area contributed by atoms with Gasteiger partial charge >= 0.3 is 6.03 Å². The summed E-state index contributed by atoms with van der Waals surface area (Å²) in [7, 11) is 2.05. The first-order valence-electron chi connectivity index (χ1n) is 7.81. The first kappa shape index (κ1) is 16.5. The van der Waals surface area contributed by atoms with Gasteiger partial charge in [0.2, 0.25) is 0 Å². The number of piperazine rings is 1. The fourth-order valence-electron chi connectivity index (χ4n) is 2.52. The van der Waals surface area contributed by atoms with Crippen molar-refractivity contribution in [2.45, 2.75) is 19.9 Å². The zero-order valence-corrected chi connectivity index (χ0v) is 13.6. The Hall–Kier alpha value is -1.88. The van der Waals surface area contributed by atoms with Crippen LogP contribution >= 0.6 is 0 Å². The van der Waals surface area contributed by atoms with E-state index in [0.29, 0.717) is 13.1 Å². The number of Topliss-reactive ketones (excluding diaryl/α,β-unsaturated/α-hetero) is 1. The third-order valence-corrected chi connectivity index (χ3v) is 4.04. The van der Waals surface area contributed by atoms with Crippen LogP contribution in [0.25, 0.3) is 0 Å². The number of amides is 2. The molecule has 1 aromatic carbocycles. The standard InChI is InChI=1S/C17H25N3O2/c1-13(2)16(21)15(14-7-5-4-6-8-14)18-17(22)20-11-9-19(3)10-12-20/h4-8,13,15H,9-12H2,1-3H3,(H,18,22). The normalized spacial score (nSPS) is 17.4. The Bertz CT molecular complexity index is 508. The molecule has 1 atom stereocenters. The van der Waals surface area contributed by atoms with Crippen LogP contribution in [-0.4, -0.2) is 54.8 Å². The molecule has 1 unspecified atom stereocenters. The van der Waals surface area contributed by atoms with E-state index >= 15 is 0 Å². The van der Waals surface area contributed by atoms with Gasteiger partial charge in [-0.3, -0.25) is 4.79 Å². The Morgan fingerprint density at radius 2 is 1.64 bits per heavy atom. The van der Waals surface area contributed by atoms with E-state index in [9.17, 15) is 9.59 Å². The van der Waals surface area contributed by atoms with E-state index in [1.54, 1.807) is 4.90 Å². The minimum atomic E-state index is -0.576. The predicted octanol–water partition coefficient (Wildman–Crippen LogP) is 1.91. The Balaban J connectivity index is 2.09. The van der Waals surface area contributed by atoms with Gasteiger partial charge in [0.1, 0.15) is 6.04 Å². The SMILES string of the molecule is CC(C)C(=O)C(NC(=O)N1CCN(C)CC1)c1ccccc1. The maximum absolute atomic E-state index is 12.5. The molecule has 1 N–H and O–H groups in total. The second kappa shape index (κ2) is 7.40. The van der Waals surface area contributed by atoms with Crippen LogP contribution in [0.3, 0.4) is 0 Å². The van der Waals surface area contributed by atoms with Gasteiger partial charge in [-0.05, 0) is 12.6 Å². The minimum absolute atomic E-state index is 0.0358. The van der Waals surface area contributed by atoms with Crippen LogP contribution < -0.4 is 5.32 Å². The summed E-state index contributed by atoms with van der Waals surface area (Å²) < 4.78 is 0. The molecule has 0 aliphatic carbocycles. The lowest BCUT2D eigenvalue weighted by atomic mass is 9.95. The van der Waals surface area contributed by atoms with E-state index in [2.05, 4.69) is 10.2 Å². The smallest absolute Gasteiger partial charge is 0.318 e. The lowest BCUT2D eigenvalue weighted by Crippen LogP contribution is -2.52. The van der Waals surface area contributed by atoms with Crippen molar-refractivity contribution >= 4 is 11.8 Å². The van der Waals surface area contributed by atoms with Crippen molar-refractivity contribution in [3.8, 4) is 0 Å². The average Bonchev–Trinajstić information content (AvgIpc) is 2.53. The summed E-state index contributed by atoms with van der Waals surface area (Å²) in [6, 6.07) is 8.72. The summed E-state index contributed by atoms with van der Waals surface area (Å²) in [6.45, 7) is 6.84. The molecule has 1 aromatic rings. The van der Waals surface area contributed by atoms with Crippen molar-refractivity contribution in [2.75, 3.05) is 33.2 Å². The number of carbonyl (C=O) groups excluding carboxylic acids is 2. The Labute approximate surface area is 132 Å². The molecule has 5 heteroatoms. The number of benzene rings is 1. The van der Waals surface area contributed by atoms with E-state index in [-0.39, 0.29) is 17.7 Å². The number of hydrogen-bond donors (Lipinski definition) is 1. The van der Waals surface area contributed by atoms with Crippen LogP contribution in [0.2, 0.25) is 0 Å². The summed E-state index contributed by atoms with van der Waals surface area (Å²) in [6.07, 6.45) is 0. The van der Waals surface area contributed by atoms with Crippen LogP contribution in [0.15, 0.2) is 30.3 Å². The molecule has 0 spiro atoms. The summed E-state index contributed by atoms with van der Waals surface area (Å²) in [5, 5.41) is 2.92. The fraction of sp³-hybridized carbons (Fsp3) is 0.529. The number of likely N-dealkylation sites (N-methyl/N-ethyl adjacent to an activating group) is 1. The summed E-state index contributed by atoms with van der Waals surface area (Å²) in [4.78, 5) is 28.9. The number of nitrogens with zero attached hydrogens (tertiary/aromatic N) is 2. The molecule has 1 heterocycles. The highest BCUT2D eigenvalue weighted by molar-refractivity contribution is 5.90. The summed E-state index contributed by atoms with van der Waals surface area (Å²) >= 11 is 0. The molecule has 2 amide bonds. The Morgan fingerprint density at radius 1 is 1.05 bits per heavy atom. The summed E-state index contributed by atoms with van der Waals surface area (Å²) in [5.41, 5.74) is 0.837. The third-order valence-electron chi connectivity index (χ3n) is 4.04. The molecule has 0 aromatic heterocycles. The molecular formula is C17H25N3O2. The zero-order chi connectivity index (χ0) is 16.1.